The van der Waals surface area contributed by atoms with Crippen molar-refractivity contribution in [3.05, 3.63) is 0 Å². The van der Waals surface area contributed by atoms with Crippen molar-refractivity contribution in [2.24, 2.45) is 16.3 Å². The summed E-state index contributed by atoms with van der Waals surface area (Å²) < 4.78 is 0. The van der Waals surface area contributed by atoms with Crippen molar-refractivity contribution in [1.82, 2.24) is 10.2 Å². The van der Waals surface area contributed by atoms with E-state index in [0.29, 0.717) is 19.3 Å². The lowest BCUT2D eigenvalue weighted by atomic mass is 10.0. The molecule has 2 fully saturated rings. The number of nitrogens with zero attached hydrogens (tertiary/aromatic N) is 2. The van der Waals surface area contributed by atoms with Crippen molar-refractivity contribution in [3.8, 4) is 0 Å². The van der Waals surface area contributed by atoms with Crippen molar-refractivity contribution < 1.29 is 19.6 Å². The molecule has 0 aromatic heterocycles. The maximum atomic E-state index is 12.5. The Hall–Kier alpha value is -2.12. The number of nitrogens with one attached hydrogen (secondary N) is 1. The minimum absolute atomic E-state index is 0.161. The summed E-state index contributed by atoms with van der Waals surface area (Å²) >= 11 is 0. The lowest BCUT2D eigenvalue weighted by Crippen LogP contribution is -2.61. The van der Waals surface area contributed by atoms with Crippen LogP contribution in [0.3, 0.4) is 0 Å². The zero-order valence-corrected chi connectivity index (χ0v) is 10.5. The predicted octanol–water partition coefficient (Wildman–Crippen LogP) is -1.22. The Kier molecular flexibility index (Phi) is 3.17. The van der Waals surface area contributed by atoms with Crippen LogP contribution in [-0.4, -0.2) is 46.3 Å². The van der Waals surface area contributed by atoms with Crippen LogP contribution in [0, 0.1) is 5.41 Å². The van der Waals surface area contributed by atoms with Gasteiger partial charge in [-0.3, -0.25) is 19.7 Å². The number of rotatable bonds is 3. The molecule has 1 aliphatic carbocycles. The number of hydrogen-bond acceptors (Lipinski definition) is 5. The van der Waals surface area contributed by atoms with Gasteiger partial charge in [-0.05, 0) is 19.3 Å². The molecular formula is C11H16N4O4. The Morgan fingerprint density at radius 2 is 2.21 bits per heavy atom. The molecule has 1 saturated heterocycles. The van der Waals surface area contributed by atoms with Gasteiger partial charge in [0.2, 0.25) is 17.7 Å². The molecule has 104 valence electrons. The standard InChI is InChI=1S/C11H16N4O4/c1-2-6-8(17)13-7(16)5-15(6)10(18)11(3-4-11)9(12)14-19/h6,19H,2-5H2,1H3,(H2,12,14)(H,13,16,17). The monoisotopic (exact) mass is 268 g/mol. The minimum atomic E-state index is -1.04. The van der Waals surface area contributed by atoms with Crippen molar-refractivity contribution in [2.75, 3.05) is 6.54 Å². The summed E-state index contributed by atoms with van der Waals surface area (Å²) in [6.07, 6.45) is 1.33. The molecule has 0 bridgehead atoms. The van der Waals surface area contributed by atoms with Crippen LogP contribution in [0.2, 0.25) is 0 Å². The molecule has 1 heterocycles. The Morgan fingerprint density at radius 1 is 1.58 bits per heavy atom. The quantitative estimate of drug-likeness (QED) is 0.194. The molecule has 0 radical (unpaired) electrons. The largest absolute Gasteiger partial charge is 0.409 e. The number of amides is 3. The SMILES string of the molecule is CCC1C(=O)NC(=O)CN1C(=O)C1(C(N)=NO)CC1. The molecule has 1 saturated carbocycles. The van der Waals surface area contributed by atoms with E-state index in [-0.39, 0.29) is 12.4 Å². The second-order valence-corrected chi connectivity index (χ2v) is 4.84. The van der Waals surface area contributed by atoms with Crippen molar-refractivity contribution >= 4 is 23.6 Å². The Labute approximate surface area is 109 Å². The van der Waals surface area contributed by atoms with Gasteiger partial charge in [-0.25, -0.2) is 0 Å². The molecule has 2 rings (SSSR count). The van der Waals surface area contributed by atoms with Crippen LogP contribution in [0.25, 0.3) is 0 Å². The molecule has 1 atom stereocenters. The van der Waals surface area contributed by atoms with Crippen LogP contribution >= 0.6 is 0 Å². The molecule has 0 aromatic carbocycles. The maximum absolute atomic E-state index is 12.5. The Balaban J connectivity index is 2.26. The van der Waals surface area contributed by atoms with E-state index in [0.717, 1.165) is 0 Å². The average molecular weight is 268 g/mol. The summed E-state index contributed by atoms with van der Waals surface area (Å²) in [5, 5.41) is 13.8. The summed E-state index contributed by atoms with van der Waals surface area (Å²) in [7, 11) is 0. The summed E-state index contributed by atoms with van der Waals surface area (Å²) in [6.45, 7) is 1.58. The molecule has 19 heavy (non-hydrogen) atoms. The van der Waals surface area contributed by atoms with Gasteiger partial charge in [0.25, 0.3) is 0 Å². The maximum Gasteiger partial charge on any atom is 0.249 e. The number of nitrogens with two attached hydrogens (primary N) is 1. The highest BCUT2D eigenvalue weighted by Gasteiger charge is 2.57. The number of oxime groups is 1. The van der Waals surface area contributed by atoms with Crippen LogP contribution in [-0.2, 0) is 14.4 Å². The fourth-order valence-electron chi connectivity index (χ4n) is 2.36. The summed E-state index contributed by atoms with van der Waals surface area (Å²) in [6, 6.07) is -0.686. The van der Waals surface area contributed by atoms with E-state index in [2.05, 4.69) is 10.5 Å². The topological polar surface area (TPSA) is 125 Å². The lowest BCUT2D eigenvalue weighted by Gasteiger charge is -2.35. The van der Waals surface area contributed by atoms with E-state index in [1.807, 2.05) is 0 Å². The first-order valence-electron chi connectivity index (χ1n) is 6.09. The van der Waals surface area contributed by atoms with Gasteiger partial charge in [-0.15, -0.1) is 0 Å². The smallest absolute Gasteiger partial charge is 0.249 e. The van der Waals surface area contributed by atoms with Crippen LogP contribution in [0.4, 0.5) is 0 Å². The van der Waals surface area contributed by atoms with E-state index in [9.17, 15) is 14.4 Å². The van der Waals surface area contributed by atoms with Gasteiger partial charge in [0.15, 0.2) is 5.84 Å². The van der Waals surface area contributed by atoms with Gasteiger partial charge in [0.05, 0.1) is 0 Å². The second kappa shape index (κ2) is 4.52. The third kappa shape index (κ3) is 2.02. The Morgan fingerprint density at radius 3 is 2.68 bits per heavy atom. The van der Waals surface area contributed by atoms with Gasteiger partial charge < -0.3 is 15.8 Å². The molecule has 3 amide bonds. The molecule has 8 nitrogen and oxygen atoms in total. The summed E-state index contributed by atoms with van der Waals surface area (Å²) in [4.78, 5) is 36.8. The van der Waals surface area contributed by atoms with Gasteiger partial charge in [0.1, 0.15) is 18.0 Å². The Bertz CT molecular complexity index is 469. The van der Waals surface area contributed by atoms with E-state index in [4.69, 9.17) is 10.9 Å². The zero-order chi connectivity index (χ0) is 14.2. The van der Waals surface area contributed by atoms with Gasteiger partial charge in [-0.2, -0.15) is 0 Å². The number of amidine groups is 1. The fraction of sp³-hybridized carbons (Fsp3) is 0.636. The molecule has 1 aliphatic heterocycles. The third-order valence-corrected chi connectivity index (χ3v) is 3.66. The first-order valence-corrected chi connectivity index (χ1v) is 6.09. The molecule has 2 aliphatic rings. The number of carbonyl (C=O) groups is 3. The fourth-order valence-corrected chi connectivity index (χ4v) is 2.36. The summed E-state index contributed by atoms with van der Waals surface area (Å²) in [5.74, 6) is -1.58. The van der Waals surface area contributed by atoms with Gasteiger partial charge in [0, 0.05) is 0 Å². The molecule has 1 unspecified atom stereocenters. The van der Waals surface area contributed by atoms with Gasteiger partial charge in [-0.1, -0.05) is 12.1 Å². The number of imide groups is 1. The highest BCUT2D eigenvalue weighted by atomic mass is 16.4. The molecular weight excluding hydrogens is 252 g/mol. The third-order valence-electron chi connectivity index (χ3n) is 3.66. The van der Waals surface area contributed by atoms with E-state index in [1.165, 1.54) is 4.90 Å². The van der Waals surface area contributed by atoms with Crippen molar-refractivity contribution in [1.29, 1.82) is 0 Å². The van der Waals surface area contributed by atoms with Gasteiger partial charge >= 0.3 is 0 Å². The van der Waals surface area contributed by atoms with Crippen LogP contribution in [0.15, 0.2) is 5.16 Å². The lowest BCUT2D eigenvalue weighted by molar-refractivity contribution is -0.151. The highest BCUT2D eigenvalue weighted by molar-refractivity contribution is 6.13. The minimum Gasteiger partial charge on any atom is -0.409 e. The van der Waals surface area contributed by atoms with E-state index < -0.39 is 29.2 Å². The molecule has 0 spiro atoms. The predicted molar refractivity (Wildman–Crippen MR) is 64.0 cm³/mol. The number of piperazine rings is 1. The van der Waals surface area contributed by atoms with Crippen LogP contribution in [0.1, 0.15) is 26.2 Å². The molecule has 8 heteroatoms. The highest BCUT2D eigenvalue weighted by Crippen LogP contribution is 2.48. The van der Waals surface area contributed by atoms with Crippen molar-refractivity contribution in [2.45, 2.75) is 32.2 Å². The normalized spacial score (nSPS) is 26.1. The molecule has 0 aromatic rings. The van der Waals surface area contributed by atoms with Crippen LogP contribution in [0.5, 0.6) is 0 Å². The molecule has 4 N–H and O–H groups in total. The van der Waals surface area contributed by atoms with E-state index in [1.54, 1.807) is 6.92 Å². The van der Waals surface area contributed by atoms with Crippen molar-refractivity contribution in [3.63, 3.8) is 0 Å². The van der Waals surface area contributed by atoms with E-state index >= 15 is 0 Å². The number of hydrogen-bond donors (Lipinski definition) is 3. The first-order chi connectivity index (χ1) is 8.96. The first kappa shape index (κ1) is 13.3. The van der Waals surface area contributed by atoms with Crippen LogP contribution < -0.4 is 11.1 Å². The second-order valence-electron chi connectivity index (χ2n) is 4.84. The number of carbonyl (C=O) groups excluding carboxylic acids is 3. The summed E-state index contributed by atoms with van der Waals surface area (Å²) in [5.41, 5.74) is 4.50. The zero-order valence-electron chi connectivity index (χ0n) is 10.5. The average Bonchev–Trinajstić information content (AvgIpc) is 3.17.